The fourth-order valence-corrected chi connectivity index (χ4v) is 6.22. The summed E-state index contributed by atoms with van der Waals surface area (Å²) in [7, 11) is 0. The Morgan fingerprint density at radius 1 is 1.13 bits per heavy atom. The summed E-state index contributed by atoms with van der Waals surface area (Å²) in [6, 6.07) is 20.8. The highest BCUT2D eigenvalue weighted by Crippen LogP contribution is 2.40. The van der Waals surface area contributed by atoms with Gasteiger partial charge in [-0.05, 0) is 66.4 Å². The number of anilines is 2. The maximum atomic E-state index is 11.4. The summed E-state index contributed by atoms with van der Waals surface area (Å²) in [5.74, 6) is 0.940. The van der Waals surface area contributed by atoms with Crippen LogP contribution in [0, 0.1) is 18.3 Å². The zero-order valence-corrected chi connectivity index (χ0v) is 25.0. The molecule has 1 aliphatic rings. The van der Waals surface area contributed by atoms with Gasteiger partial charge in [-0.1, -0.05) is 35.9 Å². The summed E-state index contributed by atoms with van der Waals surface area (Å²) in [6.45, 7) is 4.26. The molecular formula is C35H27ClN6O3. The van der Waals surface area contributed by atoms with Crippen LogP contribution < -0.4 is 5.32 Å². The molecule has 1 fully saturated rings. The number of aliphatic hydroxyl groups excluding tert-OH is 1. The SMILES string of the molecule is Cc1c(-c2nc3cc(C=O)cc(C#N)c3o2)cccc1-c1cccc(Nc2nccc3cc(CN4CC[C@H](O)C4)cnc23)c1Cl. The predicted octanol–water partition coefficient (Wildman–Crippen LogP) is 7.06. The van der Waals surface area contributed by atoms with E-state index in [1.165, 1.54) is 6.07 Å². The van der Waals surface area contributed by atoms with Crippen molar-refractivity contribution in [1.29, 1.82) is 5.26 Å². The number of hydrogen-bond donors (Lipinski definition) is 2. The molecule has 0 aliphatic carbocycles. The molecule has 0 spiro atoms. The van der Waals surface area contributed by atoms with Gasteiger partial charge < -0.3 is 14.8 Å². The lowest BCUT2D eigenvalue weighted by Gasteiger charge is -2.16. The Labute approximate surface area is 263 Å². The van der Waals surface area contributed by atoms with Gasteiger partial charge in [-0.15, -0.1) is 0 Å². The van der Waals surface area contributed by atoms with Crippen LogP contribution >= 0.6 is 11.6 Å². The van der Waals surface area contributed by atoms with Crippen molar-refractivity contribution in [2.24, 2.45) is 0 Å². The number of nitrogens with one attached hydrogen (secondary N) is 1. The van der Waals surface area contributed by atoms with Crippen molar-refractivity contribution in [2.75, 3.05) is 18.4 Å². The molecule has 6 aromatic rings. The minimum absolute atomic E-state index is 0.253. The van der Waals surface area contributed by atoms with E-state index in [1.807, 2.05) is 55.6 Å². The second-order valence-corrected chi connectivity index (χ2v) is 11.6. The number of halogens is 1. The third-order valence-corrected chi connectivity index (χ3v) is 8.59. The fourth-order valence-electron chi connectivity index (χ4n) is 5.94. The highest BCUT2D eigenvalue weighted by molar-refractivity contribution is 6.36. The van der Waals surface area contributed by atoms with Gasteiger partial charge in [0, 0.05) is 54.1 Å². The lowest BCUT2D eigenvalue weighted by Crippen LogP contribution is -2.21. The monoisotopic (exact) mass is 614 g/mol. The largest absolute Gasteiger partial charge is 0.435 e. The van der Waals surface area contributed by atoms with Gasteiger partial charge in [0.25, 0.3) is 0 Å². The van der Waals surface area contributed by atoms with E-state index in [4.69, 9.17) is 21.0 Å². The van der Waals surface area contributed by atoms with Crippen LogP contribution in [0.25, 0.3) is 44.6 Å². The number of β-amino-alcohol motifs (C(OH)–C–C–N with tert-alkyl or cyclic N) is 1. The molecule has 1 saturated heterocycles. The van der Waals surface area contributed by atoms with E-state index in [0.29, 0.717) is 51.9 Å². The third kappa shape index (κ3) is 5.40. The summed E-state index contributed by atoms with van der Waals surface area (Å²) in [5.41, 5.74) is 7.21. The predicted molar refractivity (Wildman–Crippen MR) is 173 cm³/mol. The average molecular weight is 615 g/mol. The van der Waals surface area contributed by atoms with E-state index >= 15 is 0 Å². The van der Waals surface area contributed by atoms with E-state index in [2.05, 4.69) is 32.3 Å². The molecule has 3 aromatic heterocycles. The zero-order valence-electron chi connectivity index (χ0n) is 24.3. The third-order valence-electron chi connectivity index (χ3n) is 8.18. The number of oxazole rings is 1. The Morgan fingerprint density at radius 2 is 1.96 bits per heavy atom. The molecule has 0 radical (unpaired) electrons. The van der Waals surface area contributed by atoms with Crippen molar-refractivity contribution in [1.82, 2.24) is 19.9 Å². The molecule has 2 N–H and O–H groups in total. The van der Waals surface area contributed by atoms with E-state index in [0.717, 1.165) is 58.2 Å². The van der Waals surface area contributed by atoms with Crippen molar-refractivity contribution < 1.29 is 14.3 Å². The minimum atomic E-state index is -0.262. The van der Waals surface area contributed by atoms with Gasteiger partial charge in [0.05, 0.1) is 22.4 Å². The lowest BCUT2D eigenvalue weighted by atomic mass is 9.96. The van der Waals surface area contributed by atoms with Crippen molar-refractivity contribution in [3.8, 4) is 28.7 Å². The van der Waals surface area contributed by atoms with Crippen molar-refractivity contribution in [3.63, 3.8) is 0 Å². The number of benzene rings is 3. The van der Waals surface area contributed by atoms with Crippen LogP contribution in [-0.4, -0.2) is 50.4 Å². The van der Waals surface area contributed by atoms with Crippen LogP contribution in [0.1, 0.15) is 33.5 Å². The van der Waals surface area contributed by atoms with Crippen molar-refractivity contribution in [3.05, 3.63) is 100 Å². The molecule has 0 amide bonds. The number of nitriles is 1. The quantitative estimate of drug-likeness (QED) is 0.182. The summed E-state index contributed by atoms with van der Waals surface area (Å²) < 4.78 is 6.05. The maximum Gasteiger partial charge on any atom is 0.227 e. The van der Waals surface area contributed by atoms with Gasteiger partial charge in [-0.25, -0.2) is 9.97 Å². The van der Waals surface area contributed by atoms with Gasteiger partial charge in [0.15, 0.2) is 11.4 Å². The molecule has 3 aromatic carbocycles. The van der Waals surface area contributed by atoms with E-state index in [-0.39, 0.29) is 11.7 Å². The van der Waals surface area contributed by atoms with E-state index in [9.17, 15) is 15.2 Å². The summed E-state index contributed by atoms with van der Waals surface area (Å²) >= 11 is 7.04. The van der Waals surface area contributed by atoms with Crippen LogP contribution in [0.3, 0.4) is 0 Å². The number of fused-ring (bicyclic) bond motifs is 2. The molecule has 1 aliphatic heterocycles. The van der Waals surface area contributed by atoms with Gasteiger partial charge in [-0.3, -0.25) is 14.7 Å². The topological polar surface area (TPSA) is 128 Å². The first kappa shape index (κ1) is 28.6. The number of rotatable bonds is 7. The number of aliphatic hydroxyl groups is 1. The Hall–Kier alpha value is -5.14. The van der Waals surface area contributed by atoms with E-state index in [1.54, 1.807) is 12.3 Å². The van der Waals surface area contributed by atoms with Crippen molar-refractivity contribution >= 4 is 51.4 Å². The Morgan fingerprint density at radius 3 is 2.76 bits per heavy atom. The van der Waals surface area contributed by atoms with Crippen molar-refractivity contribution in [2.45, 2.75) is 26.0 Å². The number of aldehydes is 1. The highest BCUT2D eigenvalue weighted by atomic mass is 35.5. The Kier molecular flexibility index (Phi) is 7.47. The standard InChI is InChI=1S/C35H27ClN6O3/c1-20-26(4-2-5-27(20)35-41-30-14-21(19-43)12-24(15-37)33(30)45-35)28-6-3-7-29(31(28)36)40-34-32-23(8-10-38-34)13-22(16-39-32)17-42-11-9-25(44)18-42/h2-8,10,12-14,16,19,25,44H,9,11,17-18H2,1H3,(H,38,40)/t25-/m0/s1. The molecule has 45 heavy (non-hydrogen) atoms. The first-order chi connectivity index (χ1) is 21.9. The summed E-state index contributed by atoms with van der Waals surface area (Å²) in [6.07, 6.45) is 4.83. The second kappa shape index (κ2) is 11.7. The number of carbonyl (C=O) groups is 1. The molecule has 1 atom stereocenters. The number of pyridine rings is 2. The first-order valence-electron chi connectivity index (χ1n) is 14.5. The average Bonchev–Trinajstić information content (AvgIpc) is 3.67. The summed E-state index contributed by atoms with van der Waals surface area (Å²) in [4.78, 5) is 27.5. The molecule has 7 rings (SSSR count). The lowest BCUT2D eigenvalue weighted by molar-refractivity contribution is 0.112. The maximum absolute atomic E-state index is 11.4. The Balaban J connectivity index is 1.21. The Bertz CT molecular complexity index is 2150. The van der Waals surface area contributed by atoms with Gasteiger partial charge >= 0.3 is 0 Å². The molecule has 222 valence electrons. The molecular weight excluding hydrogens is 588 g/mol. The number of likely N-dealkylation sites (tertiary alicyclic amines) is 1. The summed E-state index contributed by atoms with van der Waals surface area (Å²) in [5, 5.41) is 24.3. The van der Waals surface area contributed by atoms with Gasteiger partial charge in [0.1, 0.15) is 23.4 Å². The van der Waals surface area contributed by atoms with Crippen LogP contribution in [0.4, 0.5) is 11.5 Å². The molecule has 0 bridgehead atoms. The van der Waals surface area contributed by atoms with Crippen LogP contribution in [0.15, 0.2) is 77.5 Å². The number of carbonyl (C=O) groups excluding carboxylic acids is 1. The molecule has 10 heteroatoms. The minimum Gasteiger partial charge on any atom is -0.435 e. The smallest absolute Gasteiger partial charge is 0.227 e. The molecule has 0 saturated carbocycles. The first-order valence-corrected chi connectivity index (χ1v) is 14.9. The highest BCUT2D eigenvalue weighted by Gasteiger charge is 2.21. The normalized spacial score (nSPS) is 15.0. The fraction of sp³-hybridized carbons (Fsp3) is 0.171. The van der Waals surface area contributed by atoms with Gasteiger partial charge in [0.2, 0.25) is 5.89 Å². The van der Waals surface area contributed by atoms with Gasteiger partial charge in [-0.2, -0.15) is 5.26 Å². The van der Waals surface area contributed by atoms with Crippen LogP contribution in [0.5, 0.6) is 0 Å². The van der Waals surface area contributed by atoms with Crippen LogP contribution in [-0.2, 0) is 6.54 Å². The molecule has 0 unspecified atom stereocenters. The molecule has 4 heterocycles. The van der Waals surface area contributed by atoms with E-state index < -0.39 is 0 Å². The zero-order chi connectivity index (χ0) is 31.1. The molecule has 9 nitrogen and oxygen atoms in total. The number of aromatic nitrogens is 3. The van der Waals surface area contributed by atoms with Crippen LogP contribution in [0.2, 0.25) is 5.02 Å². The number of nitrogens with zero attached hydrogens (tertiary/aromatic N) is 5. The second-order valence-electron chi connectivity index (χ2n) is 11.2. The number of hydrogen-bond acceptors (Lipinski definition) is 9.